The molecule has 0 aliphatic heterocycles. The molecule has 0 amide bonds. The smallest absolute Gasteiger partial charge is 0.333 e. The first-order valence-corrected chi connectivity index (χ1v) is 18.4. The summed E-state index contributed by atoms with van der Waals surface area (Å²) >= 11 is 0. The molecule has 1 fully saturated rings. The lowest BCUT2D eigenvalue weighted by molar-refractivity contribution is -0.164. The lowest BCUT2D eigenvalue weighted by Crippen LogP contribution is -2.34. The predicted molar refractivity (Wildman–Crippen MR) is 207 cm³/mol. The zero-order valence-corrected chi connectivity index (χ0v) is 33.7. The van der Waals surface area contributed by atoms with Crippen LogP contribution in [0.15, 0.2) is 42.5 Å². The van der Waals surface area contributed by atoms with Gasteiger partial charge in [0.1, 0.15) is 33.0 Å². The first-order chi connectivity index (χ1) is 24.7. The van der Waals surface area contributed by atoms with E-state index < -0.39 is 40.6 Å². The molecule has 0 radical (unpaired) electrons. The maximum absolute atomic E-state index is 12.0. The summed E-state index contributed by atoms with van der Waals surface area (Å²) in [5, 5.41) is 9.14. The van der Waals surface area contributed by atoms with E-state index in [0.717, 1.165) is 24.8 Å². The van der Waals surface area contributed by atoms with Crippen LogP contribution in [-0.2, 0) is 59.1 Å². The van der Waals surface area contributed by atoms with Gasteiger partial charge in [-0.3, -0.25) is 24.0 Å². The Bertz CT molecular complexity index is 1330. The van der Waals surface area contributed by atoms with E-state index in [1.165, 1.54) is 0 Å². The Morgan fingerprint density at radius 2 is 1.04 bits per heavy atom. The molecule has 12 heteroatoms. The Kier molecular flexibility index (Phi) is 24.7. The topological polar surface area (TPSA) is 169 Å². The summed E-state index contributed by atoms with van der Waals surface area (Å²) in [6.45, 7) is 22.3. The third-order valence-electron chi connectivity index (χ3n) is 9.37. The summed E-state index contributed by atoms with van der Waals surface area (Å²) in [4.78, 5) is 69.0. The monoisotopic (exact) mass is 764 g/mol. The third-order valence-corrected chi connectivity index (χ3v) is 9.37. The molecule has 0 spiro atoms. The molecule has 2 atom stereocenters. The van der Waals surface area contributed by atoms with Gasteiger partial charge in [0.05, 0.1) is 28.1 Å². The number of benzene rings is 1. The van der Waals surface area contributed by atoms with Gasteiger partial charge in [0.15, 0.2) is 0 Å². The van der Waals surface area contributed by atoms with Crippen molar-refractivity contribution in [2.75, 3.05) is 26.4 Å². The van der Waals surface area contributed by atoms with E-state index in [1.807, 2.05) is 78.8 Å². The van der Waals surface area contributed by atoms with E-state index in [1.54, 1.807) is 20.8 Å². The second-order valence-corrected chi connectivity index (χ2v) is 15.0. The average Bonchev–Trinajstić information content (AvgIpc) is 3.14. The fraction of sp³-hybridized carbons (Fsp3) is 0.667. The van der Waals surface area contributed by atoms with Gasteiger partial charge >= 0.3 is 35.8 Å². The van der Waals surface area contributed by atoms with Gasteiger partial charge in [0.2, 0.25) is 0 Å². The fourth-order valence-corrected chi connectivity index (χ4v) is 4.23. The largest absolute Gasteiger partial charge is 0.481 e. The number of esters is 5. The molecule has 0 aromatic heterocycles. The van der Waals surface area contributed by atoms with Crippen molar-refractivity contribution in [1.82, 2.24) is 0 Å². The van der Waals surface area contributed by atoms with Crippen molar-refractivity contribution in [3.63, 3.8) is 0 Å². The predicted octanol–water partition coefficient (Wildman–Crippen LogP) is 8.29. The Balaban J connectivity index is 0. The summed E-state index contributed by atoms with van der Waals surface area (Å²) in [6, 6.07) is 9.72. The number of carbonyl (C=O) groups excluding carboxylic acids is 5. The van der Waals surface area contributed by atoms with Crippen LogP contribution in [0.5, 0.6) is 0 Å². The number of carboxylic acid groups (broad SMARTS) is 1. The number of carboxylic acids is 1. The molecule has 1 aliphatic carbocycles. The molecule has 2 unspecified atom stereocenters. The van der Waals surface area contributed by atoms with Crippen molar-refractivity contribution < 1.29 is 57.6 Å². The normalized spacial score (nSPS) is 15.2. The van der Waals surface area contributed by atoms with Crippen LogP contribution in [0.2, 0.25) is 0 Å². The minimum absolute atomic E-state index is 0. The van der Waals surface area contributed by atoms with Crippen molar-refractivity contribution in [3.05, 3.63) is 48.0 Å². The maximum atomic E-state index is 12.0. The van der Waals surface area contributed by atoms with Crippen LogP contribution in [0, 0.1) is 28.1 Å². The standard InChI is InChI=1S/C16H26O6.C13H18O2.C12H20O4.CH4/c1-4-16(2,3)15(20)22-10-9-21-14(19)12-8-6-5-7-11(12)13(17)18;1-4-13(2,3)12(14)15-10-11-8-6-5-7-9-11;1-6-12(4,5)11(14)16-8-7-15-10(13)9(2)3;/h11-12H,4-10H2,1-3H3,(H,17,18);5-9H,4,10H2,1-3H3;2,6-8H2,1,3-5H3;1H4. The Morgan fingerprint density at radius 3 is 1.44 bits per heavy atom. The van der Waals surface area contributed by atoms with Crippen LogP contribution in [0.25, 0.3) is 0 Å². The van der Waals surface area contributed by atoms with Gasteiger partial charge in [-0.05, 0) is 86.1 Å². The zero-order chi connectivity index (χ0) is 40.8. The van der Waals surface area contributed by atoms with Gasteiger partial charge in [-0.2, -0.15) is 0 Å². The van der Waals surface area contributed by atoms with E-state index in [9.17, 15) is 28.8 Å². The van der Waals surface area contributed by atoms with Gasteiger partial charge in [-0.25, -0.2) is 4.79 Å². The molecule has 1 aromatic carbocycles. The highest BCUT2D eigenvalue weighted by atomic mass is 16.6. The van der Waals surface area contributed by atoms with Gasteiger partial charge in [-0.1, -0.05) is 78.0 Å². The quantitative estimate of drug-likeness (QED) is 0.0698. The van der Waals surface area contributed by atoms with E-state index >= 15 is 0 Å². The molecule has 1 saturated carbocycles. The fourth-order valence-electron chi connectivity index (χ4n) is 4.23. The Morgan fingerprint density at radius 1 is 0.648 bits per heavy atom. The number of carbonyl (C=O) groups is 6. The minimum atomic E-state index is -0.947. The van der Waals surface area contributed by atoms with E-state index in [2.05, 4.69) is 6.58 Å². The lowest BCUT2D eigenvalue weighted by atomic mass is 9.79. The first-order valence-electron chi connectivity index (χ1n) is 18.4. The van der Waals surface area contributed by atoms with Crippen LogP contribution in [-0.4, -0.2) is 67.3 Å². The molecule has 0 saturated heterocycles. The summed E-state index contributed by atoms with van der Waals surface area (Å²) in [7, 11) is 0. The summed E-state index contributed by atoms with van der Waals surface area (Å²) in [5.74, 6) is -3.90. The summed E-state index contributed by atoms with van der Waals surface area (Å²) in [5.41, 5.74) is -0.0625. The van der Waals surface area contributed by atoms with Crippen molar-refractivity contribution in [1.29, 1.82) is 0 Å². The summed E-state index contributed by atoms with van der Waals surface area (Å²) in [6.07, 6.45) is 4.87. The average molecular weight is 765 g/mol. The van der Waals surface area contributed by atoms with Crippen LogP contribution >= 0.6 is 0 Å². The molecular formula is C42H68O12. The Hall–Kier alpha value is -4.22. The molecule has 1 aromatic rings. The van der Waals surface area contributed by atoms with Gasteiger partial charge < -0.3 is 28.8 Å². The SMILES string of the molecule is C.C=C(C)C(=O)OCCOC(=O)C(C)(C)CC.CCC(C)(C)C(=O)OCCOC(=O)C1CCCCC1C(=O)O.CCC(C)(C)C(=O)OCc1ccccc1. The number of hydrogen-bond donors (Lipinski definition) is 1. The molecule has 308 valence electrons. The molecular weight excluding hydrogens is 696 g/mol. The lowest BCUT2D eigenvalue weighted by Gasteiger charge is -2.26. The molecule has 1 N–H and O–H groups in total. The molecule has 1 aliphatic rings. The van der Waals surface area contributed by atoms with Crippen LogP contribution in [0.1, 0.15) is 127 Å². The molecule has 2 rings (SSSR count). The maximum Gasteiger partial charge on any atom is 0.333 e. The van der Waals surface area contributed by atoms with Gasteiger partial charge in [0.25, 0.3) is 0 Å². The second-order valence-electron chi connectivity index (χ2n) is 15.0. The Labute approximate surface area is 323 Å². The van der Waals surface area contributed by atoms with Crippen molar-refractivity contribution in [2.45, 2.75) is 128 Å². The minimum Gasteiger partial charge on any atom is -0.481 e. The molecule has 0 bridgehead atoms. The number of aliphatic carboxylic acids is 1. The van der Waals surface area contributed by atoms with Gasteiger partial charge in [0, 0.05) is 5.57 Å². The highest BCUT2D eigenvalue weighted by Gasteiger charge is 2.37. The van der Waals surface area contributed by atoms with Crippen molar-refractivity contribution in [3.8, 4) is 0 Å². The molecule has 54 heavy (non-hydrogen) atoms. The highest BCUT2D eigenvalue weighted by molar-refractivity contribution is 5.87. The number of ether oxygens (including phenoxy) is 5. The van der Waals surface area contributed by atoms with Crippen LogP contribution in [0.4, 0.5) is 0 Å². The third kappa shape index (κ3) is 19.7. The highest BCUT2D eigenvalue weighted by Crippen LogP contribution is 2.31. The second kappa shape index (κ2) is 25.7. The van der Waals surface area contributed by atoms with E-state index in [4.69, 9.17) is 28.8 Å². The van der Waals surface area contributed by atoms with Crippen LogP contribution < -0.4 is 0 Å². The first kappa shape index (κ1) is 51.9. The van der Waals surface area contributed by atoms with Crippen LogP contribution in [0.3, 0.4) is 0 Å². The van der Waals surface area contributed by atoms with Crippen molar-refractivity contribution in [2.24, 2.45) is 28.1 Å². The number of hydrogen-bond acceptors (Lipinski definition) is 11. The molecule has 12 nitrogen and oxygen atoms in total. The molecule has 0 heterocycles. The van der Waals surface area contributed by atoms with E-state index in [0.29, 0.717) is 37.9 Å². The van der Waals surface area contributed by atoms with E-state index in [-0.39, 0.29) is 57.2 Å². The van der Waals surface area contributed by atoms with Gasteiger partial charge in [-0.15, -0.1) is 0 Å². The summed E-state index contributed by atoms with van der Waals surface area (Å²) < 4.78 is 25.2. The van der Waals surface area contributed by atoms with Crippen molar-refractivity contribution >= 4 is 35.8 Å². The zero-order valence-electron chi connectivity index (χ0n) is 33.7. The number of rotatable bonds is 17.